The van der Waals surface area contributed by atoms with Gasteiger partial charge in [-0.1, -0.05) is 44.4 Å². The molecule has 0 atom stereocenters. The largest absolute Gasteiger partial charge is 0.420 e. The van der Waals surface area contributed by atoms with Gasteiger partial charge in [-0.15, -0.1) is 0 Å². The van der Waals surface area contributed by atoms with Crippen LogP contribution in [0.2, 0.25) is 0 Å². The van der Waals surface area contributed by atoms with Gasteiger partial charge in [-0.2, -0.15) is 0 Å². The maximum Gasteiger partial charge on any atom is 0.357 e. The van der Waals surface area contributed by atoms with Gasteiger partial charge in [0, 0.05) is 10.8 Å². The van der Waals surface area contributed by atoms with Gasteiger partial charge in [-0.05, 0) is 37.5 Å². The van der Waals surface area contributed by atoms with Crippen molar-refractivity contribution in [3.63, 3.8) is 0 Å². The summed E-state index contributed by atoms with van der Waals surface area (Å²) >= 11 is 0. The van der Waals surface area contributed by atoms with Gasteiger partial charge in [0.1, 0.15) is 11.2 Å². The Hall–Kier alpha value is -2.95. The van der Waals surface area contributed by atoms with E-state index in [1.807, 2.05) is 24.3 Å². The van der Waals surface area contributed by atoms with Crippen LogP contribution in [0, 0.1) is 6.92 Å². The van der Waals surface area contributed by atoms with E-state index < -0.39 is 11.3 Å². The summed E-state index contributed by atoms with van der Waals surface area (Å²) in [5, 5.41) is 2.19. The second kappa shape index (κ2) is 6.99. The lowest BCUT2D eigenvalue weighted by Gasteiger charge is -2.10. The number of nitrogens with zero attached hydrogens (tertiary/aromatic N) is 1. The van der Waals surface area contributed by atoms with Crippen LogP contribution in [-0.2, 0) is 6.42 Å². The van der Waals surface area contributed by atoms with Crippen molar-refractivity contribution in [3.05, 3.63) is 62.4 Å². The van der Waals surface area contributed by atoms with E-state index in [9.17, 15) is 9.59 Å². The van der Waals surface area contributed by atoms with Crippen molar-refractivity contribution >= 4 is 32.8 Å². The van der Waals surface area contributed by atoms with Gasteiger partial charge in [-0.3, -0.25) is 0 Å². The van der Waals surface area contributed by atoms with Gasteiger partial charge < -0.3 is 8.83 Å². The molecule has 0 amide bonds. The SMILES string of the molecule is CCCCCCc1cc2c3ccccc3c(=O)oc2c2nc(C)c(=O)oc12. The summed E-state index contributed by atoms with van der Waals surface area (Å²) in [6, 6.07) is 9.37. The molecular weight excluding hydrogens is 342 g/mol. The summed E-state index contributed by atoms with van der Waals surface area (Å²) in [6.45, 7) is 3.77. The predicted octanol–water partition coefficient (Wildman–Crippen LogP) is 4.88. The lowest BCUT2D eigenvalue weighted by molar-refractivity contribution is 0.537. The van der Waals surface area contributed by atoms with Crippen molar-refractivity contribution in [1.82, 2.24) is 4.98 Å². The molecule has 0 N–H and O–H groups in total. The summed E-state index contributed by atoms with van der Waals surface area (Å²) in [4.78, 5) is 28.9. The summed E-state index contributed by atoms with van der Waals surface area (Å²) < 4.78 is 11.2. The molecule has 0 aliphatic rings. The Morgan fingerprint density at radius 2 is 1.63 bits per heavy atom. The van der Waals surface area contributed by atoms with Gasteiger partial charge in [0.2, 0.25) is 0 Å². The first-order valence-corrected chi connectivity index (χ1v) is 9.39. The molecule has 4 aromatic rings. The molecule has 0 aliphatic heterocycles. The molecule has 0 aliphatic carbocycles. The molecule has 0 unspecified atom stereocenters. The third-order valence-corrected chi connectivity index (χ3v) is 4.99. The number of hydrogen-bond donors (Lipinski definition) is 0. The highest BCUT2D eigenvalue weighted by Crippen LogP contribution is 2.31. The monoisotopic (exact) mass is 363 g/mol. The Bertz CT molecular complexity index is 1270. The van der Waals surface area contributed by atoms with Crippen molar-refractivity contribution in [2.24, 2.45) is 0 Å². The Morgan fingerprint density at radius 1 is 0.889 bits per heavy atom. The van der Waals surface area contributed by atoms with Crippen molar-refractivity contribution in [1.29, 1.82) is 0 Å². The van der Waals surface area contributed by atoms with E-state index >= 15 is 0 Å². The topological polar surface area (TPSA) is 73.3 Å². The minimum atomic E-state index is -0.459. The molecule has 2 aromatic heterocycles. The van der Waals surface area contributed by atoms with Crippen molar-refractivity contribution < 1.29 is 8.83 Å². The molecule has 0 saturated carbocycles. The molecule has 138 valence electrons. The van der Waals surface area contributed by atoms with Crippen molar-refractivity contribution in [3.8, 4) is 0 Å². The summed E-state index contributed by atoms with van der Waals surface area (Å²) in [5.74, 6) is 0. The van der Waals surface area contributed by atoms with Crippen LogP contribution >= 0.6 is 0 Å². The van der Waals surface area contributed by atoms with E-state index in [-0.39, 0.29) is 5.69 Å². The van der Waals surface area contributed by atoms with E-state index in [1.165, 1.54) is 6.42 Å². The maximum atomic E-state index is 12.4. The van der Waals surface area contributed by atoms with Crippen LogP contribution in [0.4, 0.5) is 0 Å². The van der Waals surface area contributed by atoms with Crippen LogP contribution in [0.15, 0.2) is 48.8 Å². The maximum absolute atomic E-state index is 12.4. The third kappa shape index (κ3) is 3.03. The number of benzene rings is 2. The number of fused-ring (bicyclic) bond motifs is 5. The smallest absolute Gasteiger partial charge is 0.357 e. The summed E-state index contributed by atoms with van der Waals surface area (Å²) in [5.41, 5.74) is 1.55. The molecule has 0 saturated heterocycles. The molecular formula is C22H21NO4. The second-order valence-electron chi connectivity index (χ2n) is 6.92. The molecule has 0 radical (unpaired) electrons. The minimum Gasteiger partial charge on any atom is -0.420 e. The molecule has 2 aromatic carbocycles. The van der Waals surface area contributed by atoms with E-state index in [2.05, 4.69) is 11.9 Å². The first kappa shape index (κ1) is 17.5. The first-order valence-electron chi connectivity index (χ1n) is 9.39. The first-order chi connectivity index (χ1) is 13.1. The number of unbranched alkanes of at least 4 members (excludes halogenated alkanes) is 3. The number of rotatable bonds is 5. The van der Waals surface area contributed by atoms with Crippen LogP contribution in [0.3, 0.4) is 0 Å². The zero-order chi connectivity index (χ0) is 19.0. The fourth-order valence-electron chi connectivity index (χ4n) is 3.56. The average molecular weight is 363 g/mol. The van der Waals surface area contributed by atoms with Crippen LogP contribution in [0.5, 0.6) is 0 Å². The van der Waals surface area contributed by atoms with Gasteiger partial charge in [-0.25, -0.2) is 14.6 Å². The molecule has 5 heteroatoms. The highest BCUT2D eigenvalue weighted by Gasteiger charge is 2.17. The van der Waals surface area contributed by atoms with Gasteiger partial charge in [0.05, 0.1) is 5.39 Å². The molecule has 4 rings (SSSR count). The van der Waals surface area contributed by atoms with E-state index in [0.717, 1.165) is 42.0 Å². The molecule has 2 heterocycles. The fraction of sp³-hybridized carbons (Fsp3) is 0.318. The van der Waals surface area contributed by atoms with Crippen LogP contribution < -0.4 is 11.3 Å². The van der Waals surface area contributed by atoms with Crippen LogP contribution in [0.25, 0.3) is 32.8 Å². The molecule has 27 heavy (non-hydrogen) atoms. The molecule has 0 fully saturated rings. The summed E-state index contributed by atoms with van der Waals surface area (Å²) in [7, 11) is 0. The third-order valence-electron chi connectivity index (χ3n) is 4.99. The lowest BCUT2D eigenvalue weighted by atomic mass is 10.00. The molecule has 5 nitrogen and oxygen atoms in total. The fourth-order valence-corrected chi connectivity index (χ4v) is 3.56. The van der Waals surface area contributed by atoms with E-state index in [0.29, 0.717) is 22.1 Å². The number of hydrogen-bond acceptors (Lipinski definition) is 5. The standard InChI is InChI=1S/C22H21NO4/c1-3-4-5-6-9-14-12-17-15-10-7-8-11-16(15)22(25)27-20(17)18-19(14)26-21(24)13(2)23-18/h7-8,10-12H,3-6,9H2,1-2H3. The predicted molar refractivity (Wildman–Crippen MR) is 106 cm³/mol. The highest BCUT2D eigenvalue weighted by molar-refractivity contribution is 6.12. The van der Waals surface area contributed by atoms with Gasteiger partial charge in [0.25, 0.3) is 0 Å². The van der Waals surface area contributed by atoms with Crippen molar-refractivity contribution in [2.45, 2.75) is 46.0 Å². The Balaban J connectivity index is 2.06. The van der Waals surface area contributed by atoms with Crippen molar-refractivity contribution in [2.75, 3.05) is 0 Å². The number of aryl methyl sites for hydroxylation is 2. The van der Waals surface area contributed by atoms with E-state index in [4.69, 9.17) is 8.83 Å². The average Bonchev–Trinajstić information content (AvgIpc) is 2.67. The molecule has 0 spiro atoms. The summed E-state index contributed by atoms with van der Waals surface area (Å²) in [6.07, 6.45) is 5.23. The quantitative estimate of drug-likeness (QED) is 0.287. The van der Waals surface area contributed by atoms with Crippen LogP contribution in [-0.4, -0.2) is 4.98 Å². The zero-order valence-electron chi connectivity index (χ0n) is 15.5. The van der Waals surface area contributed by atoms with Gasteiger partial charge >= 0.3 is 11.3 Å². The highest BCUT2D eigenvalue weighted by atomic mass is 16.4. The zero-order valence-corrected chi connectivity index (χ0v) is 15.5. The second-order valence-corrected chi connectivity index (χ2v) is 6.92. The minimum absolute atomic E-state index is 0.253. The number of aromatic nitrogens is 1. The van der Waals surface area contributed by atoms with E-state index in [1.54, 1.807) is 13.0 Å². The van der Waals surface area contributed by atoms with Gasteiger partial charge in [0.15, 0.2) is 11.2 Å². The Morgan fingerprint density at radius 3 is 2.41 bits per heavy atom. The Labute approximate surface area is 155 Å². The molecule has 0 bridgehead atoms. The van der Waals surface area contributed by atoms with Crippen LogP contribution in [0.1, 0.15) is 43.9 Å². The Kier molecular flexibility index (Phi) is 4.52. The lowest BCUT2D eigenvalue weighted by Crippen LogP contribution is -2.08. The normalized spacial score (nSPS) is 11.6.